The van der Waals surface area contributed by atoms with Gasteiger partial charge in [-0.05, 0) is 68.1 Å². The molecule has 2 saturated heterocycles. The van der Waals surface area contributed by atoms with Crippen molar-refractivity contribution in [3.8, 4) is 40.2 Å². The zero-order valence-corrected chi connectivity index (χ0v) is 31.5. The molecule has 3 aromatic carbocycles. The van der Waals surface area contributed by atoms with Gasteiger partial charge >= 0.3 is 11.9 Å². The number of aromatic hydroxyl groups is 2. The number of hydrogen-bond acceptors (Lipinski definition) is 14. The Kier molecular flexibility index (Phi) is 7.97. The zero-order chi connectivity index (χ0) is 38.0. The number of carbonyl (C=O) groups is 3. The number of phenolic OH excluding ortho intramolecular Hbond substituents is 2. The van der Waals surface area contributed by atoms with Crippen LogP contribution in [0.25, 0.3) is 0 Å². The predicted octanol–water partition coefficient (Wildman–Crippen LogP) is 3.62. The molecule has 6 atom stereocenters. The summed E-state index contributed by atoms with van der Waals surface area (Å²) in [4.78, 5) is 46.4. The topological polar surface area (TPSA) is 166 Å². The highest BCUT2D eigenvalue weighted by molar-refractivity contribution is 7.99. The third kappa shape index (κ3) is 4.64. The Bertz CT molecular complexity index is 2180. The van der Waals surface area contributed by atoms with E-state index in [0.717, 1.165) is 16.7 Å². The van der Waals surface area contributed by atoms with Crippen molar-refractivity contribution in [1.29, 1.82) is 0 Å². The number of piperazine rings is 1. The summed E-state index contributed by atoms with van der Waals surface area (Å²) < 4.78 is 35.8. The van der Waals surface area contributed by atoms with Crippen LogP contribution in [0.4, 0.5) is 0 Å². The van der Waals surface area contributed by atoms with Crippen molar-refractivity contribution < 1.29 is 53.0 Å². The summed E-state index contributed by atoms with van der Waals surface area (Å²) in [6.07, 6.45) is 0.903. The minimum absolute atomic E-state index is 0.00930. The fourth-order valence-electron chi connectivity index (χ4n) is 9.79. The summed E-state index contributed by atoms with van der Waals surface area (Å²) in [5, 5.41) is 25.5. The van der Waals surface area contributed by atoms with Gasteiger partial charge in [-0.3, -0.25) is 19.8 Å². The number of ether oxygens (including phenoxy) is 6. The third-order valence-corrected chi connectivity index (χ3v) is 13.5. The van der Waals surface area contributed by atoms with Gasteiger partial charge in [-0.1, -0.05) is 6.07 Å². The van der Waals surface area contributed by atoms with E-state index in [-0.39, 0.29) is 42.3 Å². The van der Waals surface area contributed by atoms with Crippen molar-refractivity contribution in [2.24, 2.45) is 0 Å². The lowest BCUT2D eigenvalue weighted by molar-refractivity contribution is -0.166. The van der Waals surface area contributed by atoms with Crippen LogP contribution in [0, 0.1) is 13.8 Å². The zero-order valence-electron chi connectivity index (χ0n) is 30.7. The maximum absolute atomic E-state index is 15.1. The lowest BCUT2D eigenvalue weighted by Gasteiger charge is -2.59. The largest absolute Gasteiger partial charge is 0.504 e. The number of nitrogens with zero attached hydrogens (tertiary/aromatic N) is 2. The number of benzene rings is 3. The standard InChI is InChI=1S/C39H41N3O11S/c1-16-9-20-10-22-37(46)42-23-13-50-38(47)39(21-12-25(48-5)24(44)11-19(21)7-8-40-39)14-54-36(30(42)29(41(22)4)26(20)31(45)32(16)49-6)28-27(23)35-34(51-15-52-35)17(2)33(28)53-18(3)43/h9,11-12,22-23,29-30,36,40,44-45H,7-8,10,13-15H2,1-6H3/t22-,23-,29+,30+,36+,39+/m0/s1. The first-order chi connectivity index (χ1) is 25.9. The van der Waals surface area contributed by atoms with E-state index in [1.54, 1.807) is 12.1 Å². The molecule has 1 spiro atoms. The Morgan fingerprint density at radius 1 is 0.981 bits per heavy atom. The highest BCUT2D eigenvalue weighted by Crippen LogP contribution is 2.64. The molecule has 15 heteroatoms. The molecule has 7 heterocycles. The molecule has 7 aliphatic rings. The van der Waals surface area contributed by atoms with Crippen LogP contribution in [-0.4, -0.2) is 96.9 Å². The van der Waals surface area contributed by atoms with Crippen molar-refractivity contribution in [3.63, 3.8) is 0 Å². The van der Waals surface area contributed by atoms with E-state index in [0.29, 0.717) is 70.2 Å². The minimum Gasteiger partial charge on any atom is -0.504 e. The predicted molar refractivity (Wildman–Crippen MR) is 194 cm³/mol. The van der Waals surface area contributed by atoms with Crippen molar-refractivity contribution >= 4 is 29.6 Å². The Labute approximate surface area is 315 Å². The third-order valence-electron chi connectivity index (χ3n) is 12.1. The summed E-state index contributed by atoms with van der Waals surface area (Å²) in [6, 6.07) is 2.61. The fraction of sp³-hybridized carbons (Fsp3) is 0.462. The number of thioether (sulfide) groups is 1. The molecule has 3 N–H and O–H groups in total. The lowest BCUT2D eigenvalue weighted by atomic mass is 9.73. The molecule has 0 saturated carbocycles. The summed E-state index contributed by atoms with van der Waals surface area (Å²) in [5.41, 5.74) is 4.05. The number of methoxy groups -OCH3 is 2. The van der Waals surface area contributed by atoms with Gasteiger partial charge in [0.05, 0.1) is 43.6 Å². The molecular weight excluding hydrogens is 719 g/mol. The van der Waals surface area contributed by atoms with Gasteiger partial charge in [0.15, 0.2) is 40.0 Å². The number of rotatable bonds is 3. The number of hydrogen-bond donors (Lipinski definition) is 3. The molecule has 4 bridgehead atoms. The van der Waals surface area contributed by atoms with Crippen molar-refractivity contribution in [1.82, 2.24) is 15.1 Å². The van der Waals surface area contributed by atoms with E-state index in [1.807, 2.05) is 36.8 Å². The van der Waals surface area contributed by atoms with E-state index < -0.39 is 46.9 Å². The first-order valence-corrected chi connectivity index (χ1v) is 19.0. The van der Waals surface area contributed by atoms with E-state index >= 15 is 4.79 Å². The smallest absolute Gasteiger partial charge is 0.331 e. The summed E-state index contributed by atoms with van der Waals surface area (Å²) in [5.74, 6) is 0.540. The molecule has 14 nitrogen and oxygen atoms in total. The molecule has 10 rings (SSSR count). The highest BCUT2D eigenvalue weighted by Gasteiger charge is 2.61. The molecule has 3 aromatic rings. The van der Waals surface area contributed by atoms with Gasteiger partial charge in [-0.2, -0.15) is 0 Å². The number of phenols is 2. The van der Waals surface area contributed by atoms with E-state index in [2.05, 4.69) is 5.32 Å². The minimum atomic E-state index is -1.38. The van der Waals surface area contributed by atoms with Crippen molar-refractivity contribution in [2.45, 2.75) is 68.6 Å². The number of nitrogens with one attached hydrogen (secondary N) is 1. The Balaban J connectivity index is 1.32. The van der Waals surface area contributed by atoms with Crippen LogP contribution in [0.5, 0.6) is 40.2 Å². The quantitative estimate of drug-likeness (QED) is 0.262. The molecular formula is C39H41N3O11S. The van der Waals surface area contributed by atoms with Crippen LogP contribution >= 0.6 is 11.8 Å². The van der Waals surface area contributed by atoms with Gasteiger partial charge < -0.3 is 43.5 Å². The maximum atomic E-state index is 15.1. The summed E-state index contributed by atoms with van der Waals surface area (Å²) in [7, 11) is 4.87. The average Bonchev–Trinajstić information content (AvgIpc) is 3.63. The first kappa shape index (κ1) is 34.9. The van der Waals surface area contributed by atoms with Gasteiger partial charge in [-0.15, -0.1) is 11.8 Å². The number of likely N-dealkylation sites (N-methyl/N-ethyl adjacent to an activating group) is 1. The Hall–Kier alpha value is -4.86. The summed E-state index contributed by atoms with van der Waals surface area (Å²) >= 11 is 1.43. The molecule has 1 amide bonds. The monoisotopic (exact) mass is 759 g/mol. The SMILES string of the molecule is COc1cc2c(cc1O)CCN[C@]21CS[C@@H]2c3c(OC(C)=O)c(C)c4c(c3[C@H](COC1=O)N1C(=O)[C@@H]3Cc5cc(C)c(OC)c(O)c5[C@H]([C@H]21)N3C)OCO4. The molecule has 0 aromatic heterocycles. The van der Waals surface area contributed by atoms with Crippen LogP contribution in [0.2, 0.25) is 0 Å². The second-order valence-corrected chi connectivity index (χ2v) is 15.9. The van der Waals surface area contributed by atoms with Crippen LogP contribution < -0.4 is 29.0 Å². The second kappa shape index (κ2) is 12.3. The maximum Gasteiger partial charge on any atom is 0.331 e. The normalized spacial score (nSPS) is 27.7. The molecule has 0 unspecified atom stereocenters. The van der Waals surface area contributed by atoms with E-state index in [1.165, 1.54) is 32.9 Å². The first-order valence-electron chi connectivity index (χ1n) is 17.9. The number of carbonyl (C=O) groups excluding carboxylic acids is 3. The fourth-order valence-corrected chi connectivity index (χ4v) is 11.5. The highest BCUT2D eigenvalue weighted by atomic mass is 32.2. The molecule has 0 radical (unpaired) electrons. The number of aryl methyl sites for hydroxylation is 1. The number of esters is 2. The van der Waals surface area contributed by atoms with Gasteiger partial charge in [0.25, 0.3) is 0 Å². The Morgan fingerprint density at radius 3 is 2.50 bits per heavy atom. The van der Waals surface area contributed by atoms with Gasteiger partial charge in [0.1, 0.15) is 12.4 Å². The van der Waals surface area contributed by atoms with Crippen LogP contribution in [0.15, 0.2) is 18.2 Å². The van der Waals surface area contributed by atoms with E-state index in [4.69, 9.17) is 28.4 Å². The van der Waals surface area contributed by atoms with Gasteiger partial charge in [-0.25, -0.2) is 4.79 Å². The second-order valence-electron chi connectivity index (χ2n) is 14.8. The van der Waals surface area contributed by atoms with Crippen LogP contribution in [0.3, 0.4) is 0 Å². The van der Waals surface area contributed by atoms with Crippen molar-refractivity contribution in [2.75, 3.05) is 47.0 Å². The molecule has 54 heavy (non-hydrogen) atoms. The van der Waals surface area contributed by atoms with Gasteiger partial charge in [0.2, 0.25) is 12.7 Å². The van der Waals surface area contributed by atoms with Crippen molar-refractivity contribution in [3.05, 3.63) is 62.7 Å². The number of amides is 1. The molecule has 2 fully saturated rings. The van der Waals surface area contributed by atoms with Gasteiger partial charge in [0, 0.05) is 41.5 Å². The van der Waals surface area contributed by atoms with Crippen LogP contribution in [0.1, 0.15) is 68.8 Å². The summed E-state index contributed by atoms with van der Waals surface area (Å²) in [6.45, 7) is 5.11. The Morgan fingerprint density at radius 2 is 1.76 bits per heavy atom. The lowest BCUT2D eigenvalue weighted by Crippen LogP contribution is -2.68. The number of fused-ring (bicyclic) bond motifs is 9. The molecule has 7 aliphatic heterocycles. The molecule has 284 valence electrons. The van der Waals surface area contributed by atoms with E-state index in [9.17, 15) is 19.8 Å². The average molecular weight is 760 g/mol. The van der Waals surface area contributed by atoms with Crippen LogP contribution in [-0.2, 0) is 37.5 Å². The molecule has 0 aliphatic carbocycles.